The summed E-state index contributed by atoms with van der Waals surface area (Å²) < 4.78 is 2.46. The zero-order valence-corrected chi connectivity index (χ0v) is 30.5. The molecule has 3 aromatic heterocycles. The van der Waals surface area contributed by atoms with Gasteiger partial charge in [0.1, 0.15) is 0 Å². The van der Waals surface area contributed by atoms with E-state index in [0.29, 0.717) is 5.82 Å². The first-order chi connectivity index (χ1) is 27.2. The Morgan fingerprint density at radius 1 is 0.345 bits per heavy atom. The van der Waals surface area contributed by atoms with Crippen molar-refractivity contribution in [2.24, 2.45) is 0 Å². The van der Waals surface area contributed by atoms with Crippen molar-refractivity contribution in [3.05, 3.63) is 188 Å². The maximum atomic E-state index is 5.25. The molecule has 0 spiro atoms. The highest BCUT2D eigenvalue weighted by molar-refractivity contribution is 7.26. The van der Waals surface area contributed by atoms with E-state index >= 15 is 0 Å². The van der Waals surface area contributed by atoms with Gasteiger partial charge < -0.3 is 0 Å². The molecule has 4 heteroatoms. The lowest BCUT2D eigenvalue weighted by Gasteiger charge is -2.11. The second kappa shape index (κ2) is 12.8. The van der Waals surface area contributed by atoms with Crippen molar-refractivity contribution in [2.75, 3.05) is 0 Å². The molecule has 3 heterocycles. The summed E-state index contributed by atoms with van der Waals surface area (Å²) in [6.07, 6.45) is 0. The van der Waals surface area contributed by atoms with Gasteiger partial charge >= 0.3 is 0 Å². The van der Waals surface area contributed by atoms with Gasteiger partial charge in [0.15, 0.2) is 5.82 Å². The predicted octanol–water partition coefficient (Wildman–Crippen LogP) is 14.0. The van der Waals surface area contributed by atoms with E-state index in [1.807, 2.05) is 17.4 Å². The van der Waals surface area contributed by atoms with Crippen LogP contribution in [0.15, 0.2) is 188 Å². The molecule has 0 aliphatic carbocycles. The molecule has 0 saturated carbocycles. The summed E-state index contributed by atoms with van der Waals surface area (Å²) in [6.45, 7) is 0. The van der Waals surface area contributed by atoms with Crippen molar-refractivity contribution < 1.29 is 0 Å². The summed E-state index contributed by atoms with van der Waals surface area (Å²) in [5.41, 5.74) is 10.3. The maximum Gasteiger partial charge on any atom is 0.160 e. The Morgan fingerprint density at radius 2 is 0.945 bits per heavy atom. The molecule has 0 aliphatic rings. The number of hydrogen-bond donors (Lipinski definition) is 0. The minimum Gasteiger partial charge on any atom is -0.247 e. The van der Waals surface area contributed by atoms with Gasteiger partial charge in [-0.1, -0.05) is 152 Å². The number of pyridine rings is 1. The number of rotatable bonds is 5. The van der Waals surface area contributed by atoms with Crippen LogP contribution < -0.4 is 0 Å². The molecule has 0 aliphatic heterocycles. The average molecular weight is 718 g/mol. The van der Waals surface area contributed by atoms with Gasteiger partial charge in [-0.2, -0.15) is 0 Å². The summed E-state index contributed by atoms with van der Waals surface area (Å²) in [6, 6.07) is 66.6. The van der Waals surface area contributed by atoms with Crippen LogP contribution in [0.4, 0.5) is 0 Å². The Kier molecular flexibility index (Phi) is 7.35. The molecule has 55 heavy (non-hydrogen) atoms. The third-order valence-corrected chi connectivity index (χ3v) is 11.9. The third-order valence-electron chi connectivity index (χ3n) is 10.7. The Morgan fingerprint density at radius 3 is 1.75 bits per heavy atom. The lowest BCUT2D eigenvalue weighted by molar-refractivity contribution is 1.18. The number of nitrogens with zero attached hydrogens (tertiary/aromatic N) is 3. The molecule has 11 rings (SSSR count). The lowest BCUT2D eigenvalue weighted by Crippen LogP contribution is -1.96. The highest BCUT2D eigenvalue weighted by Gasteiger charge is 2.18. The van der Waals surface area contributed by atoms with Gasteiger partial charge in [-0.3, -0.25) is 0 Å². The van der Waals surface area contributed by atoms with Gasteiger partial charge in [0, 0.05) is 47.8 Å². The van der Waals surface area contributed by atoms with E-state index in [1.54, 1.807) is 0 Å². The molecule has 0 saturated heterocycles. The minimum absolute atomic E-state index is 0.693. The fourth-order valence-electron chi connectivity index (χ4n) is 7.91. The summed E-state index contributed by atoms with van der Waals surface area (Å²) in [7, 11) is 0. The van der Waals surface area contributed by atoms with E-state index in [1.165, 1.54) is 52.8 Å². The molecule has 0 N–H and O–H groups in total. The summed E-state index contributed by atoms with van der Waals surface area (Å²) in [5, 5.41) is 8.56. The fraction of sp³-hybridized carbons (Fsp3) is 0. The standard InChI is InChI=1S/C51H31N3S/c1-3-12-34(13-4-1)45-31-46(35-22-19-32(20-23-35)37-25-27-41-38(29-37)24-21-33-11-7-8-16-40(33)41)54-51(53-45)39-26-28-47-43(30-39)48-49(36-14-5-2-6-15-36)52-44-18-10-9-17-42(44)50(48)55-47/h1-31H. The van der Waals surface area contributed by atoms with Crippen LogP contribution >= 0.6 is 11.3 Å². The normalized spacial score (nSPS) is 11.6. The molecule has 0 atom stereocenters. The van der Waals surface area contributed by atoms with Crippen molar-refractivity contribution in [1.82, 2.24) is 15.0 Å². The van der Waals surface area contributed by atoms with Gasteiger partial charge in [0.25, 0.3) is 0 Å². The zero-order valence-electron chi connectivity index (χ0n) is 29.6. The van der Waals surface area contributed by atoms with Crippen LogP contribution in [0.2, 0.25) is 0 Å². The highest BCUT2D eigenvalue weighted by Crippen LogP contribution is 2.44. The molecule has 0 radical (unpaired) electrons. The van der Waals surface area contributed by atoms with Crippen molar-refractivity contribution >= 4 is 64.0 Å². The number of fused-ring (bicyclic) bond motifs is 8. The minimum atomic E-state index is 0.693. The van der Waals surface area contributed by atoms with Crippen molar-refractivity contribution in [3.63, 3.8) is 0 Å². The fourth-order valence-corrected chi connectivity index (χ4v) is 9.13. The summed E-state index contributed by atoms with van der Waals surface area (Å²) in [5.74, 6) is 0.693. The molecule has 11 aromatic rings. The largest absolute Gasteiger partial charge is 0.247 e. The monoisotopic (exact) mass is 717 g/mol. The van der Waals surface area contributed by atoms with Crippen LogP contribution in [0.1, 0.15) is 0 Å². The van der Waals surface area contributed by atoms with E-state index < -0.39 is 0 Å². The second-order valence-electron chi connectivity index (χ2n) is 14.0. The molecule has 0 unspecified atom stereocenters. The number of para-hydroxylation sites is 1. The Labute approximate surface area is 321 Å². The molecule has 3 nitrogen and oxygen atoms in total. The van der Waals surface area contributed by atoms with Crippen molar-refractivity contribution in [2.45, 2.75) is 0 Å². The average Bonchev–Trinajstić information content (AvgIpc) is 3.66. The first kappa shape index (κ1) is 31.5. The van der Waals surface area contributed by atoms with Crippen LogP contribution in [0, 0.1) is 0 Å². The van der Waals surface area contributed by atoms with Crippen LogP contribution in [-0.2, 0) is 0 Å². The maximum absolute atomic E-state index is 5.25. The van der Waals surface area contributed by atoms with Crippen LogP contribution in [0.3, 0.4) is 0 Å². The van der Waals surface area contributed by atoms with Gasteiger partial charge in [-0.05, 0) is 69.1 Å². The molecule has 0 amide bonds. The Balaban J connectivity index is 1.04. The van der Waals surface area contributed by atoms with Gasteiger partial charge in [0.2, 0.25) is 0 Å². The predicted molar refractivity (Wildman–Crippen MR) is 232 cm³/mol. The molecule has 0 bridgehead atoms. The lowest BCUT2D eigenvalue weighted by atomic mass is 9.96. The molecular formula is C51H31N3S. The SMILES string of the molecule is c1ccc(-c2cc(-c3ccc(-c4ccc5c(ccc6ccccc65)c4)cc3)nc(-c3ccc4sc5c6ccccc6nc(-c6ccccc6)c5c4c3)n2)cc1. The van der Waals surface area contributed by atoms with Gasteiger partial charge in [-0.25, -0.2) is 15.0 Å². The van der Waals surface area contributed by atoms with Gasteiger partial charge in [0.05, 0.1) is 22.6 Å². The Hall–Kier alpha value is -7.01. The smallest absolute Gasteiger partial charge is 0.160 e. The van der Waals surface area contributed by atoms with Crippen LogP contribution in [0.25, 0.3) is 109 Å². The topological polar surface area (TPSA) is 38.7 Å². The number of hydrogen-bond acceptors (Lipinski definition) is 4. The van der Waals surface area contributed by atoms with E-state index in [-0.39, 0.29) is 0 Å². The van der Waals surface area contributed by atoms with Crippen LogP contribution in [0.5, 0.6) is 0 Å². The van der Waals surface area contributed by atoms with Gasteiger partial charge in [-0.15, -0.1) is 11.3 Å². The van der Waals surface area contributed by atoms with E-state index in [4.69, 9.17) is 15.0 Å². The zero-order chi connectivity index (χ0) is 36.3. The van der Waals surface area contributed by atoms with E-state index in [0.717, 1.165) is 50.2 Å². The first-order valence-corrected chi connectivity index (χ1v) is 19.3. The number of benzene rings is 8. The van der Waals surface area contributed by atoms with E-state index in [9.17, 15) is 0 Å². The quantitative estimate of drug-likeness (QED) is 0.166. The van der Waals surface area contributed by atoms with Crippen LogP contribution in [-0.4, -0.2) is 15.0 Å². The highest BCUT2D eigenvalue weighted by atomic mass is 32.1. The summed E-state index contributed by atoms with van der Waals surface area (Å²) >= 11 is 1.82. The van der Waals surface area contributed by atoms with Crippen molar-refractivity contribution in [1.29, 1.82) is 0 Å². The number of aromatic nitrogens is 3. The second-order valence-corrected chi connectivity index (χ2v) is 15.0. The third kappa shape index (κ3) is 5.46. The Bertz CT molecular complexity index is 3240. The molecule has 8 aromatic carbocycles. The number of thiophene rings is 1. The molecule has 0 fully saturated rings. The first-order valence-electron chi connectivity index (χ1n) is 18.5. The van der Waals surface area contributed by atoms with E-state index in [2.05, 4.69) is 182 Å². The molecule has 256 valence electrons. The summed E-state index contributed by atoms with van der Waals surface area (Å²) in [4.78, 5) is 15.7. The molecular weight excluding hydrogens is 687 g/mol. The van der Waals surface area contributed by atoms with Crippen molar-refractivity contribution in [3.8, 4) is 56.3 Å².